The quantitative estimate of drug-likeness (QED) is 0.773. The number of aromatic nitrogens is 3. The highest BCUT2D eigenvalue weighted by molar-refractivity contribution is 6.04. The van der Waals surface area contributed by atoms with Crippen molar-refractivity contribution in [3.05, 3.63) is 54.1 Å². The molecule has 0 aliphatic heterocycles. The molecule has 0 saturated heterocycles. The summed E-state index contributed by atoms with van der Waals surface area (Å²) in [7, 11) is 0. The van der Waals surface area contributed by atoms with Gasteiger partial charge in [0.25, 0.3) is 5.91 Å². The van der Waals surface area contributed by atoms with Crippen LogP contribution in [0.3, 0.4) is 0 Å². The molecule has 3 rings (SSSR count). The van der Waals surface area contributed by atoms with Crippen molar-refractivity contribution in [1.29, 1.82) is 0 Å². The van der Waals surface area contributed by atoms with Gasteiger partial charge in [0, 0.05) is 29.6 Å². The molecule has 0 saturated carbocycles. The second-order valence-electron chi connectivity index (χ2n) is 5.20. The lowest BCUT2D eigenvalue weighted by atomic mass is 10.2. The van der Waals surface area contributed by atoms with Crippen molar-refractivity contribution >= 4 is 35.0 Å². The van der Waals surface area contributed by atoms with Crippen LogP contribution in [0.15, 0.2) is 42.7 Å². The van der Waals surface area contributed by atoms with Crippen molar-refractivity contribution < 1.29 is 4.79 Å². The monoisotopic (exact) mass is 316 g/mol. The third-order valence-corrected chi connectivity index (χ3v) is 3.25. The lowest BCUT2D eigenvalue weighted by molar-refractivity contribution is 0.102. The molecule has 5 nitrogen and oxygen atoms in total. The van der Waals surface area contributed by atoms with Crippen LogP contribution in [0.25, 0.3) is 11.0 Å². The molecule has 2 N–H and O–H groups in total. The van der Waals surface area contributed by atoms with Crippen molar-refractivity contribution in [2.24, 2.45) is 0 Å². The lowest BCUT2D eigenvalue weighted by Gasteiger charge is -2.04. The predicted octanol–water partition coefficient (Wildman–Crippen LogP) is 3.76. The fourth-order valence-electron chi connectivity index (χ4n) is 2.09. The Hall–Kier alpha value is -2.40. The molecule has 0 atom stereocenters. The topological polar surface area (TPSA) is 70.7 Å². The minimum Gasteiger partial charge on any atom is -0.342 e. The molecule has 0 aliphatic carbocycles. The normalized spacial score (nSPS) is 10.5. The molecule has 0 aliphatic rings. The smallest absolute Gasteiger partial charge is 0.255 e. The Morgan fingerprint density at radius 2 is 1.91 bits per heavy atom. The highest BCUT2D eigenvalue weighted by Gasteiger charge is 2.09. The van der Waals surface area contributed by atoms with Gasteiger partial charge < -0.3 is 10.3 Å². The van der Waals surface area contributed by atoms with Crippen LogP contribution in [-0.4, -0.2) is 20.9 Å². The molecule has 0 spiro atoms. The minimum atomic E-state index is -0.152. The van der Waals surface area contributed by atoms with Crippen molar-refractivity contribution in [2.75, 3.05) is 5.32 Å². The van der Waals surface area contributed by atoms with E-state index in [0.29, 0.717) is 11.5 Å². The number of benzene rings is 1. The van der Waals surface area contributed by atoms with Gasteiger partial charge >= 0.3 is 0 Å². The summed E-state index contributed by atoms with van der Waals surface area (Å²) >= 11 is 0. The van der Waals surface area contributed by atoms with E-state index < -0.39 is 0 Å². The number of aromatic amines is 1. The summed E-state index contributed by atoms with van der Waals surface area (Å²) in [5.41, 5.74) is 3.15. The molecule has 0 bridgehead atoms. The maximum absolute atomic E-state index is 12.1. The molecule has 1 amide bonds. The number of carbonyl (C=O) groups is 1. The van der Waals surface area contributed by atoms with Crippen LogP contribution >= 0.6 is 12.4 Å². The first-order valence-corrected chi connectivity index (χ1v) is 6.84. The largest absolute Gasteiger partial charge is 0.342 e. The molecule has 3 aromatic rings. The van der Waals surface area contributed by atoms with Crippen LogP contribution in [0.2, 0.25) is 0 Å². The predicted molar refractivity (Wildman–Crippen MR) is 89.6 cm³/mol. The molecule has 0 radical (unpaired) electrons. The number of imidazole rings is 1. The van der Waals surface area contributed by atoms with Crippen LogP contribution in [0.1, 0.15) is 35.9 Å². The molecular formula is C16H17ClN4O. The molecular weight excluding hydrogens is 300 g/mol. The Morgan fingerprint density at radius 3 is 2.59 bits per heavy atom. The number of hydrogen-bond donors (Lipinski definition) is 2. The van der Waals surface area contributed by atoms with Crippen molar-refractivity contribution in [3.8, 4) is 0 Å². The second-order valence-corrected chi connectivity index (χ2v) is 5.20. The highest BCUT2D eigenvalue weighted by Crippen LogP contribution is 2.20. The Kier molecular flexibility index (Phi) is 4.78. The van der Waals surface area contributed by atoms with Crippen LogP contribution in [0, 0.1) is 0 Å². The van der Waals surface area contributed by atoms with Crippen molar-refractivity contribution in [3.63, 3.8) is 0 Å². The first kappa shape index (κ1) is 16.0. The van der Waals surface area contributed by atoms with Gasteiger partial charge in [-0.1, -0.05) is 13.8 Å². The van der Waals surface area contributed by atoms with E-state index in [9.17, 15) is 4.79 Å². The number of pyridine rings is 1. The molecule has 0 unspecified atom stereocenters. The zero-order valence-corrected chi connectivity index (χ0v) is 13.1. The summed E-state index contributed by atoms with van der Waals surface area (Å²) in [4.78, 5) is 23.8. The maximum Gasteiger partial charge on any atom is 0.255 e. The van der Waals surface area contributed by atoms with E-state index in [1.165, 1.54) is 0 Å². The number of amides is 1. The molecule has 2 heterocycles. The highest BCUT2D eigenvalue weighted by atomic mass is 35.5. The SMILES string of the molecule is CC(C)c1nc2ccc(NC(=O)c3ccncc3)cc2[nH]1.Cl. The van der Waals surface area contributed by atoms with Gasteiger partial charge in [-0.2, -0.15) is 0 Å². The van der Waals surface area contributed by atoms with E-state index in [-0.39, 0.29) is 18.3 Å². The van der Waals surface area contributed by atoms with E-state index in [1.807, 2.05) is 18.2 Å². The van der Waals surface area contributed by atoms with E-state index in [0.717, 1.165) is 22.5 Å². The summed E-state index contributed by atoms with van der Waals surface area (Å²) in [5, 5.41) is 2.87. The molecule has 22 heavy (non-hydrogen) atoms. The van der Waals surface area contributed by atoms with E-state index in [4.69, 9.17) is 0 Å². The molecule has 1 aromatic carbocycles. The number of rotatable bonds is 3. The number of hydrogen-bond acceptors (Lipinski definition) is 3. The standard InChI is InChI=1S/C16H16N4O.ClH/c1-10(2)15-19-13-4-3-12(9-14(13)20-15)18-16(21)11-5-7-17-8-6-11;/h3-10H,1-2H3,(H,18,21)(H,19,20);1H. The summed E-state index contributed by atoms with van der Waals surface area (Å²) in [6.07, 6.45) is 3.20. The lowest BCUT2D eigenvalue weighted by Crippen LogP contribution is -2.11. The zero-order valence-electron chi connectivity index (χ0n) is 12.3. The van der Waals surface area contributed by atoms with E-state index in [1.54, 1.807) is 24.5 Å². The average Bonchev–Trinajstić information content (AvgIpc) is 2.91. The Bertz CT molecular complexity index is 783. The first-order chi connectivity index (χ1) is 10.1. The average molecular weight is 317 g/mol. The zero-order chi connectivity index (χ0) is 14.8. The Balaban J connectivity index is 0.00000176. The van der Waals surface area contributed by atoms with Crippen LogP contribution in [-0.2, 0) is 0 Å². The maximum atomic E-state index is 12.1. The number of H-pyrrole nitrogens is 1. The third kappa shape index (κ3) is 3.26. The summed E-state index contributed by atoms with van der Waals surface area (Å²) < 4.78 is 0. The fourth-order valence-corrected chi connectivity index (χ4v) is 2.09. The number of anilines is 1. The molecule has 6 heteroatoms. The third-order valence-electron chi connectivity index (χ3n) is 3.25. The van der Waals surface area contributed by atoms with Gasteiger partial charge in [-0.25, -0.2) is 4.98 Å². The molecule has 0 fully saturated rings. The number of carbonyl (C=O) groups excluding carboxylic acids is 1. The number of halogens is 1. The van der Waals surface area contributed by atoms with Crippen LogP contribution in [0.4, 0.5) is 5.69 Å². The summed E-state index contributed by atoms with van der Waals surface area (Å²) in [5.74, 6) is 1.13. The van der Waals surface area contributed by atoms with Gasteiger partial charge in [-0.3, -0.25) is 9.78 Å². The van der Waals surface area contributed by atoms with Crippen molar-refractivity contribution in [2.45, 2.75) is 19.8 Å². The summed E-state index contributed by atoms with van der Waals surface area (Å²) in [6, 6.07) is 9.02. The molecule has 114 valence electrons. The van der Waals surface area contributed by atoms with E-state index >= 15 is 0 Å². The van der Waals surface area contributed by atoms with Gasteiger partial charge in [0.1, 0.15) is 5.82 Å². The molecule has 2 aromatic heterocycles. The van der Waals surface area contributed by atoms with Crippen LogP contribution in [0.5, 0.6) is 0 Å². The Labute approximate surface area is 134 Å². The van der Waals surface area contributed by atoms with Gasteiger partial charge in [-0.15, -0.1) is 12.4 Å². The second kappa shape index (κ2) is 6.58. The van der Waals surface area contributed by atoms with Gasteiger partial charge in [0.2, 0.25) is 0 Å². The summed E-state index contributed by atoms with van der Waals surface area (Å²) in [6.45, 7) is 4.17. The first-order valence-electron chi connectivity index (χ1n) is 6.84. The number of nitrogens with zero attached hydrogens (tertiary/aromatic N) is 2. The van der Waals surface area contributed by atoms with Gasteiger partial charge in [0.15, 0.2) is 0 Å². The number of nitrogens with one attached hydrogen (secondary N) is 2. The minimum absolute atomic E-state index is 0. The fraction of sp³-hybridized carbons (Fsp3) is 0.188. The Morgan fingerprint density at radius 1 is 1.18 bits per heavy atom. The van der Waals surface area contributed by atoms with Crippen LogP contribution < -0.4 is 5.32 Å². The van der Waals surface area contributed by atoms with Gasteiger partial charge in [0.05, 0.1) is 11.0 Å². The van der Waals surface area contributed by atoms with E-state index in [2.05, 4.69) is 34.1 Å². The number of fused-ring (bicyclic) bond motifs is 1. The van der Waals surface area contributed by atoms with Gasteiger partial charge in [-0.05, 0) is 30.3 Å². The van der Waals surface area contributed by atoms with Crippen molar-refractivity contribution in [1.82, 2.24) is 15.0 Å².